The second kappa shape index (κ2) is 8.88. The van der Waals surface area contributed by atoms with Gasteiger partial charge in [-0.2, -0.15) is 0 Å². The number of hydrogen-bond donors (Lipinski definition) is 0. The summed E-state index contributed by atoms with van der Waals surface area (Å²) in [5.41, 5.74) is -0.279. The van der Waals surface area contributed by atoms with Gasteiger partial charge in [0.15, 0.2) is 5.78 Å². The average molecular weight is 229 g/mol. The van der Waals surface area contributed by atoms with Gasteiger partial charge in [0.2, 0.25) is 5.71 Å². The van der Waals surface area contributed by atoms with Gasteiger partial charge in [0, 0.05) is 6.92 Å². The molecule has 0 saturated heterocycles. The number of ether oxygens (including phenoxy) is 1. The van der Waals surface area contributed by atoms with Gasteiger partial charge in [-0.3, -0.25) is 4.79 Å². The summed E-state index contributed by atoms with van der Waals surface area (Å²) in [5.74, 6) is -1.18. The largest absolute Gasteiger partial charge is 0.461 e. The highest BCUT2D eigenvalue weighted by atomic mass is 16.6. The zero-order valence-corrected chi connectivity index (χ0v) is 10.1. The Morgan fingerprint density at radius 1 is 1.19 bits per heavy atom. The molecule has 0 bridgehead atoms. The van der Waals surface area contributed by atoms with Gasteiger partial charge in [0.25, 0.3) is 0 Å². The minimum atomic E-state index is -0.731. The third-order valence-electron chi connectivity index (χ3n) is 1.80. The highest BCUT2D eigenvalue weighted by Crippen LogP contribution is 1.96. The molecule has 0 aliphatic rings. The van der Waals surface area contributed by atoms with Crippen molar-refractivity contribution in [2.75, 3.05) is 13.2 Å². The van der Waals surface area contributed by atoms with Crippen LogP contribution in [0.1, 0.15) is 40.0 Å². The van der Waals surface area contributed by atoms with Crippen LogP contribution in [0.25, 0.3) is 0 Å². The fraction of sp³-hybridized carbons (Fsp3) is 0.727. The molecule has 0 rings (SSSR count). The molecular weight excluding hydrogens is 210 g/mol. The Balaban J connectivity index is 4.15. The van der Waals surface area contributed by atoms with Crippen molar-refractivity contribution >= 4 is 17.5 Å². The average Bonchev–Trinajstić information content (AvgIpc) is 2.23. The molecule has 92 valence electrons. The van der Waals surface area contributed by atoms with Gasteiger partial charge in [-0.25, -0.2) is 4.79 Å². The van der Waals surface area contributed by atoms with E-state index in [1.54, 1.807) is 6.92 Å². The van der Waals surface area contributed by atoms with E-state index >= 15 is 0 Å². The second-order valence-electron chi connectivity index (χ2n) is 3.26. The molecule has 5 heteroatoms. The topological polar surface area (TPSA) is 65.0 Å². The van der Waals surface area contributed by atoms with Gasteiger partial charge in [-0.1, -0.05) is 24.9 Å². The smallest absolute Gasteiger partial charge is 0.364 e. The molecule has 0 aliphatic carbocycles. The quantitative estimate of drug-likeness (QED) is 0.209. The molecule has 0 saturated carbocycles. The van der Waals surface area contributed by atoms with Crippen LogP contribution in [0.3, 0.4) is 0 Å². The number of carbonyl (C=O) groups is 2. The summed E-state index contributed by atoms with van der Waals surface area (Å²) in [6.07, 6.45) is 2.96. The summed E-state index contributed by atoms with van der Waals surface area (Å²) in [7, 11) is 0. The molecule has 0 aromatic carbocycles. The molecular formula is C11H19NO4. The normalized spacial score (nSPS) is 11.1. The van der Waals surface area contributed by atoms with Gasteiger partial charge in [0.05, 0.1) is 6.61 Å². The number of carbonyl (C=O) groups excluding carboxylic acids is 2. The van der Waals surface area contributed by atoms with Crippen LogP contribution in [0, 0.1) is 0 Å². The number of Topliss-reactive ketones (excluding diaryl/α,β-unsaturated/α-hetero) is 1. The molecule has 0 atom stereocenters. The van der Waals surface area contributed by atoms with Gasteiger partial charge in [-0.05, 0) is 13.3 Å². The summed E-state index contributed by atoms with van der Waals surface area (Å²) in [5, 5.41) is 3.51. The number of ketones is 1. The van der Waals surface area contributed by atoms with E-state index < -0.39 is 11.8 Å². The van der Waals surface area contributed by atoms with E-state index in [1.807, 2.05) is 0 Å². The van der Waals surface area contributed by atoms with Gasteiger partial charge >= 0.3 is 5.97 Å². The van der Waals surface area contributed by atoms with Crippen LogP contribution in [-0.2, 0) is 19.2 Å². The van der Waals surface area contributed by atoms with E-state index in [2.05, 4.69) is 16.8 Å². The molecule has 0 radical (unpaired) electrons. The second-order valence-corrected chi connectivity index (χ2v) is 3.26. The van der Waals surface area contributed by atoms with Crippen LogP contribution in [0.4, 0.5) is 0 Å². The Hall–Kier alpha value is -1.39. The predicted molar refractivity (Wildman–Crippen MR) is 60.2 cm³/mol. The number of oxime groups is 1. The molecule has 0 aromatic rings. The zero-order valence-electron chi connectivity index (χ0n) is 10.1. The predicted octanol–water partition coefficient (Wildman–Crippen LogP) is 1.70. The van der Waals surface area contributed by atoms with Crippen LogP contribution in [-0.4, -0.2) is 30.7 Å². The summed E-state index contributed by atoms with van der Waals surface area (Å²) in [4.78, 5) is 27.2. The zero-order chi connectivity index (χ0) is 12.4. The summed E-state index contributed by atoms with van der Waals surface area (Å²) in [6.45, 7) is 5.61. The van der Waals surface area contributed by atoms with E-state index in [-0.39, 0.29) is 12.3 Å². The lowest BCUT2D eigenvalue weighted by molar-refractivity contribution is -0.136. The number of esters is 1. The van der Waals surface area contributed by atoms with E-state index in [4.69, 9.17) is 4.84 Å². The summed E-state index contributed by atoms with van der Waals surface area (Å²) < 4.78 is 4.67. The van der Waals surface area contributed by atoms with Crippen LogP contribution >= 0.6 is 0 Å². The third-order valence-corrected chi connectivity index (χ3v) is 1.80. The van der Waals surface area contributed by atoms with Crippen molar-refractivity contribution in [2.45, 2.75) is 40.0 Å². The molecule has 0 heterocycles. The molecule has 0 fully saturated rings. The minimum Gasteiger partial charge on any atom is -0.461 e. The number of rotatable bonds is 8. The fourth-order valence-electron chi connectivity index (χ4n) is 0.972. The maximum atomic E-state index is 11.3. The molecule has 0 aliphatic heterocycles. The first-order valence-electron chi connectivity index (χ1n) is 5.51. The first kappa shape index (κ1) is 14.6. The maximum Gasteiger partial charge on any atom is 0.364 e. The summed E-state index contributed by atoms with van der Waals surface area (Å²) in [6, 6.07) is 0. The molecule has 0 unspecified atom stereocenters. The van der Waals surface area contributed by atoms with Gasteiger partial charge < -0.3 is 9.57 Å². The molecule has 0 spiro atoms. The van der Waals surface area contributed by atoms with Crippen molar-refractivity contribution in [3.05, 3.63) is 0 Å². The van der Waals surface area contributed by atoms with Crippen molar-refractivity contribution in [2.24, 2.45) is 5.16 Å². The molecule has 5 nitrogen and oxygen atoms in total. The van der Waals surface area contributed by atoms with Gasteiger partial charge in [-0.15, -0.1) is 0 Å². The van der Waals surface area contributed by atoms with Gasteiger partial charge in [0.1, 0.15) is 6.61 Å². The van der Waals surface area contributed by atoms with Crippen molar-refractivity contribution in [3.63, 3.8) is 0 Å². The monoisotopic (exact) mass is 229 g/mol. The van der Waals surface area contributed by atoms with Crippen LogP contribution < -0.4 is 0 Å². The first-order chi connectivity index (χ1) is 7.63. The lowest BCUT2D eigenvalue weighted by Crippen LogP contribution is -2.24. The van der Waals surface area contributed by atoms with Crippen LogP contribution in [0.15, 0.2) is 5.16 Å². The fourth-order valence-corrected chi connectivity index (χ4v) is 0.972. The molecule has 0 amide bonds. The lowest BCUT2D eigenvalue weighted by Gasteiger charge is -2.03. The van der Waals surface area contributed by atoms with E-state index in [1.165, 1.54) is 6.92 Å². The number of nitrogens with zero attached hydrogens (tertiary/aromatic N) is 1. The standard InChI is InChI=1S/C11H19NO4/c1-4-6-7-8-16-12-10(9(3)13)11(14)15-5-2/h4-8H2,1-3H3/b12-10+. The highest BCUT2D eigenvalue weighted by Gasteiger charge is 2.18. The Morgan fingerprint density at radius 2 is 1.88 bits per heavy atom. The molecule has 0 N–H and O–H groups in total. The Kier molecular flexibility index (Phi) is 8.11. The van der Waals surface area contributed by atoms with Crippen LogP contribution in [0.2, 0.25) is 0 Å². The summed E-state index contributed by atoms with van der Waals surface area (Å²) >= 11 is 0. The SMILES string of the molecule is CCCCCO/N=C(\C(C)=O)C(=O)OCC. The highest BCUT2D eigenvalue weighted by molar-refractivity contribution is 6.63. The number of hydrogen-bond acceptors (Lipinski definition) is 5. The minimum absolute atomic E-state index is 0.209. The van der Waals surface area contributed by atoms with E-state index in [9.17, 15) is 9.59 Å². The molecule has 0 aromatic heterocycles. The van der Waals surface area contributed by atoms with Crippen LogP contribution in [0.5, 0.6) is 0 Å². The van der Waals surface area contributed by atoms with E-state index in [0.29, 0.717) is 6.61 Å². The van der Waals surface area contributed by atoms with Crippen molar-refractivity contribution < 1.29 is 19.2 Å². The third kappa shape index (κ3) is 6.16. The van der Waals surface area contributed by atoms with Crippen molar-refractivity contribution in [1.29, 1.82) is 0 Å². The molecule has 16 heavy (non-hydrogen) atoms. The maximum absolute atomic E-state index is 11.3. The van der Waals surface area contributed by atoms with Crippen molar-refractivity contribution in [3.8, 4) is 0 Å². The Labute approximate surface area is 95.8 Å². The van der Waals surface area contributed by atoms with Crippen molar-refractivity contribution in [1.82, 2.24) is 0 Å². The van der Waals surface area contributed by atoms with E-state index in [0.717, 1.165) is 19.3 Å². The lowest BCUT2D eigenvalue weighted by atomic mass is 10.3. The first-order valence-corrected chi connectivity index (χ1v) is 5.51. The number of unbranched alkanes of at least 4 members (excludes halogenated alkanes) is 2. The Morgan fingerprint density at radius 3 is 2.38 bits per heavy atom. The Bertz CT molecular complexity index is 261.